The van der Waals surface area contributed by atoms with Crippen molar-refractivity contribution >= 4 is 29.3 Å². The van der Waals surface area contributed by atoms with Crippen LogP contribution in [-0.4, -0.2) is 29.6 Å². The molecule has 180 valence electrons. The number of hydrogen-bond donors (Lipinski definition) is 1. The van der Waals surface area contributed by atoms with Crippen LogP contribution in [0.2, 0.25) is 0 Å². The molecule has 1 aliphatic rings. The third kappa shape index (κ3) is 6.08. The molecule has 1 N–H and O–H groups in total. The number of carbonyl (C=O) groups excluding carboxylic acids is 1. The lowest BCUT2D eigenvalue weighted by Crippen LogP contribution is -2.33. The minimum Gasteiger partial charge on any atom is -0.496 e. The molecule has 0 aliphatic carbocycles. The first-order chi connectivity index (χ1) is 16.9. The summed E-state index contributed by atoms with van der Waals surface area (Å²) in [6.07, 6.45) is 2.61. The fourth-order valence-corrected chi connectivity index (χ4v) is 4.30. The number of thiocarbonyl (C=S) groups is 1. The van der Waals surface area contributed by atoms with E-state index in [9.17, 15) is 4.79 Å². The highest BCUT2D eigenvalue weighted by Crippen LogP contribution is 2.27. The molecule has 6 heteroatoms. The van der Waals surface area contributed by atoms with Crippen molar-refractivity contribution in [1.29, 1.82) is 0 Å². The molecule has 0 atom stereocenters. The van der Waals surface area contributed by atoms with Crippen molar-refractivity contribution in [2.75, 3.05) is 13.7 Å². The van der Waals surface area contributed by atoms with Crippen molar-refractivity contribution in [3.8, 4) is 11.5 Å². The van der Waals surface area contributed by atoms with Gasteiger partial charge in [0.15, 0.2) is 5.11 Å². The summed E-state index contributed by atoms with van der Waals surface area (Å²) >= 11 is 5.36. The van der Waals surface area contributed by atoms with Crippen LogP contribution in [0.1, 0.15) is 36.1 Å². The van der Waals surface area contributed by atoms with Crippen molar-refractivity contribution in [3.05, 3.63) is 101 Å². The number of para-hydroxylation sites is 1. The zero-order valence-electron chi connectivity index (χ0n) is 20.3. The lowest BCUT2D eigenvalue weighted by Gasteiger charge is -2.16. The van der Waals surface area contributed by atoms with Gasteiger partial charge in [0.2, 0.25) is 0 Å². The van der Waals surface area contributed by atoms with Crippen LogP contribution in [0.15, 0.2) is 78.5 Å². The Kier molecular flexibility index (Phi) is 7.83. The molecule has 35 heavy (non-hydrogen) atoms. The van der Waals surface area contributed by atoms with E-state index in [-0.39, 0.29) is 5.91 Å². The number of rotatable bonds is 9. The summed E-state index contributed by atoms with van der Waals surface area (Å²) in [5.74, 6) is 1.79. The summed E-state index contributed by atoms with van der Waals surface area (Å²) in [6, 6.07) is 24.2. The highest BCUT2D eigenvalue weighted by molar-refractivity contribution is 7.80. The molecule has 1 heterocycles. The second-order valence-corrected chi connectivity index (χ2v) is 9.31. The smallest absolute Gasteiger partial charge is 0.276 e. The maximum absolute atomic E-state index is 12.8. The molecular formula is C29H30N2O3S. The van der Waals surface area contributed by atoms with Gasteiger partial charge in [-0.3, -0.25) is 9.69 Å². The van der Waals surface area contributed by atoms with Gasteiger partial charge in [0.25, 0.3) is 5.91 Å². The molecule has 0 unspecified atom stereocenters. The molecular weight excluding hydrogens is 456 g/mol. The SMILES string of the molecule is COc1ccc(/C=C2/NC(=S)N(CC(C)C)C2=O)cc1COc1ccccc1Cc1ccccc1. The Morgan fingerprint density at radius 3 is 2.46 bits per heavy atom. The van der Waals surface area contributed by atoms with Crippen LogP contribution in [0.4, 0.5) is 0 Å². The van der Waals surface area contributed by atoms with E-state index in [1.807, 2.05) is 60.7 Å². The fourth-order valence-electron chi connectivity index (χ4n) is 4.03. The predicted octanol–water partition coefficient (Wildman–Crippen LogP) is 5.58. The Morgan fingerprint density at radius 1 is 0.971 bits per heavy atom. The first kappa shape index (κ1) is 24.5. The number of amides is 1. The highest BCUT2D eigenvalue weighted by Gasteiger charge is 2.30. The van der Waals surface area contributed by atoms with Crippen molar-refractivity contribution in [3.63, 3.8) is 0 Å². The molecule has 3 aromatic carbocycles. The molecule has 5 nitrogen and oxygen atoms in total. The normalized spacial score (nSPS) is 14.5. The van der Waals surface area contributed by atoms with Crippen LogP contribution in [0.5, 0.6) is 11.5 Å². The number of nitrogens with one attached hydrogen (secondary N) is 1. The topological polar surface area (TPSA) is 50.8 Å². The van der Waals surface area contributed by atoms with Gasteiger partial charge in [-0.2, -0.15) is 0 Å². The van der Waals surface area contributed by atoms with Gasteiger partial charge in [-0.1, -0.05) is 68.4 Å². The quantitative estimate of drug-likeness (QED) is 0.316. The van der Waals surface area contributed by atoms with Gasteiger partial charge in [-0.25, -0.2) is 0 Å². The lowest BCUT2D eigenvalue weighted by molar-refractivity contribution is -0.122. The van der Waals surface area contributed by atoms with Crippen molar-refractivity contribution in [2.24, 2.45) is 5.92 Å². The number of hydrogen-bond acceptors (Lipinski definition) is 4. The van der Waals surface area contributed by atoms with Crippen LogP contribution in [0.25, 0.3) is 6.08 Å². The van der Waals surface area contributed by atoms with Gasteiger partial charge in [0.1, 0.15) is 23.8 Å². The van der Waals surface area contributed by atoms with E-state index in [2.05, 4.69) is 37.4 Å². The van der Waals surface area contributed by atoms with Crippen LogP contribution < -0.4 is 14.8 Å². The predicted molar refractivity (Wildman–Crippen MR) is 143 cm³/mol. The zero-order valence-corrected chi connectivity index (χ0v) is 21.1. The van der Waals surface area contributed by atoms with E-state index in [1.165, 1.54) is 5.56 Å². The van der Waals surface area contributed by atoms with E-state index in [4.69, 9.17) is 21.7 Å². The summed E-state index contributed by atoms with van der Waals surface area (Å²) in [5.41, 5.74) is 4.58. The average Bonchev–Trinajstić information content (AvgIpc) is 3.11. The monoisotopic (exact) mass is 486 g/mol. The Hall–Kier alpha value is -3.64. The molecule has 1 aliphatic heterocycles. The Balaban J connectivity index is 1.53. The first-order valence-electron chi connectivity index (χ1n) is 11.7. The second-order valence-electron chi connectivity index (χ2n) is 8.93. The molecule has 1 saturated heterocycles. The Bertz CT molecular complexity index is 1240. The van der Waals surface area contributed by atoms with E-state index >= 15 is 0 Å². The Morgan fingerprint density at radius 2 is 1.71 bits per heavy atom. The summed E-state index contributed by atoms with van der Waals surface area (Å²) in [4.78, 5) is 14.4. The third-order valence-electron chi connectivity index (χ3n) is 5.72. The van der Waals surface area contributed by atoms with Crippen molar-refractivity contribution in [2.45, 2.75) is 26.9 Å². The van der Waals surface area contributed by atoms with E-state index < -0.39 is 0 Å². The number of ether oxygens (including phenoxy) is 2. The number of methoxy groups -OCH3 is 1. The maximum Gasteiger partial charge on any atom is 0.276 e. The van der Waals surface area contributed by atoms with E-state index in [0.717, 1.165) is 34.6 Å². The molecule has 1 fully saturated rings. The summed E-state index contributed by atoms with van der Waals surface area (Å²) in [7, 11) is 1.64. The number of carbonyl (C=O) groups is 1. The average molecular weight is 487 g/mol. The summed E-state index contributed by atoms with van der Waals surface area (Å²) in [5, 5.41) is 3.50. The lowest BCUT2D eigenvalue weighted by atomic mass is 10.0. The van der Waals surface area contributed by atoms with E-state index in [1.54, 1.807) is 12.0 Å². The third-order valence-corrected chi connectivity index (χ3v) is 6.04. The molecule has 4 rings (SSSR count). The highest BCUT2D eigenvalue weighted by atomic mass is 32.1. The molecule has 1 amide bonds. The van der Waals surface area contributed by atoms with Gasteiger partial charge in [-0.05, 0) is 59.1 Å². The minimum absolute atomic E-state index is 0.104. The summed E-state index contributed by atoms with van der Waals surface area (Å²) in [6.45, 7) is 5.05. The molecule has 0 spiro atoms. The largest absolute Gasteiger partial charge is 0.496 e. The van der Waals surface area contributed by atoms with E-state index in [0.29, 0.717) is 29.9 Å². The molecule has 3 aromatic rings. The number of nitrogens with zero attached hydrogens (tertiary/aromatic N) is 1. The molecule has 0 saturated carbocycles. The standard InChI is InChI=1S/C29H30N2O3S/c1-20(2)18-31-28(32)25(30-29(31)35)17-22-13-14-26(33-3)24(16-22)19-34-27-12-8-7-11-23(27)15-21-9-5-4-6-10-21/h4-14,16-17,20H,15,18-19H2,1-3H3,(H,30,35)/b25-17+. The van der Waals surface area contributed by atoms with Gasteiger partial charge in [0.05, 0.1) is 7.11 Å². The molecule has 0 aromatic heterocycles. The van der Waals surface area contributed by atoms with Crippen LogP contribution in [0.3, 0.4) is 0 Å². The number of benzene rings is 3. The van der Waals surface area contributed by atoms with Gasteiger partial charge in [0, 0.05) is 18.5 Å². The van der Waals surface area contributed by atoms with Gasteiger partial charge in [-0.15, -0.1) is 0 Å². The molecule has 0 bridgehead atoms. The Labute approximate surface area is 212 Å². The van der Waals surface area contributed by atoms with Crippen molar-refractivity contribution in [1.82, 2.24) is 10.2 Å². The van der Waals surface area contributed by atoms with Crippen molar-refractivity contribution < 1.29 is 14.3 Å². The second kappa shape index (κ2) is 11.2. The van der Waals surface area contributed by atoms with Gasteiger partial charge >= 0.3 is 0 Å². The van der Waals surface area contributed by atoms with Crippen LogP contribution in [0, 0.1) is 5.92 Å². The maximum atomic E-state index is 12.8. The van der Waals surface area contributed by atoms with Crippen LogP contribution >= 0.6 is 12.2 Å². The minimum atomic E-state index is -0.104. The first-order valence-corrected chi connectivity index (χ1v) is 12.1. The zero-order chi connectivity index (χ0) is 24.8. The molecule has 0 radical (unpaired) electrons. The fraction of sp³-hybridized carbons (Fsp3) is 0.241. The van der Waals surface area contributed by atoms with Crippen LogP contribution in [-0.2, 0) is 17.8 Å². The summed E-state index contributed by atoms with van der Waals surface area (Å²) < 4.78 is 11.8. The van der Waals surface area contributed by atoms with Gasteiger partial charge < -0.3 is 14.8 Å².